The number of carbonyl (C=O) groups is 2. The standard InChI is InChI=1S/C15H18BrNO4/c1-20-13-7-6-10(9-11(13)16)14(18)17-8-4-3-5-12(17)15(19)21-2/h6-7,9,12H,3-5,8H2,1-2H3/t12-/m0/s1. The number of nitrogens with zero attached hydrogens (tertiary/aromatic N) is 1. The molecule has 1 saturated heterocycles. The zero-order valence-electron chi connectivity index (χ0n) is 12.1. The van der Waals surface area contributed by atoms with Crippen molar-refractivity contribution in [1.29, 1.82) is 0 Å². The van der Waals surface area contributed by atoms with E-state index in [1.807, 2.05) is 0 Å². The van der Waals surface area contributed by atoms with Gasteiger partial charge in [0.2, 0.25) is 0 Å². The molecule has 1 heterocycles. The topological polar surface area (TPSA) is 55.8 Å². The van der Waals surface area contributed by atoms with E-state index in [0.717, 1.165) is 12.8 Å². The monoisotopic (exact) mass is 355 g/mol. The van der Waals surface area contributed by atoms with Crippen LogP contribution in [0.3, 0.4) is 0 Å². The van der Waals surface area contributed by atoms with Crippen molar-refractivity contribution >= 4 is 27.8 Å². The number of halogens is 1. The van der Waals surface area contributed by atoms with Crippen LogP contribution in [0.5, 0.6) is 5.75 Å². The molecule has 114 valence electrons. The van der Waals surface area contributed by atoms with E-state index in [0.29, 0.717) is 28.8 Å². The van der Waals surface area contributed by atoms with Crippen LogP contribution in [0, 0.1) is 0 Å². The highest BCUT2D eigenvalue weighted by molar-refractivity contribution is 9.10. The number of carbonyl (C=O) groups excluding carboxylic acids is 2. The zero-order valence-corrected chi connectivity index (χ0v) is 13.7. The van der Waals surface area contributed by atoms with Gasteiger partial charge in [-0.25, -0.2) is 4.79 Å². The van der Waals surface area contributed by atoms with Gasteiger partial charge < -0.3 is 14.4 Å². The van der Waals surface area contributed by atoms with Crippen LogP contribution in [-0.4, -0.2) is 43.6 Å². The van der Waals surface area contributed by atoms with Gasteiger partial charge in [0.1, 0.15) is 11.8 Å². The summed E-state index contributed by atoms with van der Waals surface area (Å²) in [5, 5.41) is 0. The summed E-state index contributed by atoms with van der Waals surface area (Å²) in [5.41, 5.74) is 0.526. The van der Waals surface area contributed by atoms with Crippen LogP contribution >= 0.6 is 15.9 Å². The molecule has 0 saturated carbocycles. The molecule has 1 fully saturated rings. The first-order valence-corrected chi connectivity index (χ1v) is 7.60. The number of likely N-dealkylation sites (tertiary alicyclic amines) is 1. The summed E-state index contributed by atoms with van der Waals surface area (Å²) in [6.45, 7) is 0.572. The van der Waals surface area contributed by atoms with Gasteiger partial charge in [0.05, 0.1) is 18.7 Å². The average molecular weight is 356 g/mol. The Morgan fingerprint density at radius 1 is 1.29 bits per heavy atom. The Hall–Kier alpha value is -1.56. The van der Waals surface area contributed by atoms with Crippen LogP contribution in [0.4, 0.5) is 0 Å². The third-order valence-electron chi connectivity index (χ3n) is 3.64. The van der Waals surface area contributed by atoms with Gasteiger partial charge in [-0.3, -0.25) is 4.79 Å². The molecule has 0 aliphatic carbocycles. The lowest BCUT2D eigenvalue weighted by Crippen LogP contribution is -2.48. The lowest BCUT2D eigenvalue weighted by Gasteiger charge is -2.33. The number of esters is 1. The quantitative estimate of drug-likeness (QED) is 0.782. The van der Waals surface area contributed by atoms with E-state index in [4.69, 9.17) is 9.47 Å². The van der Waals surface area contributed by atoms with Crippen molar-refractivity contribution in [3.05, 3.63) is 28.2 Å². The SMILES string of the molecule is COC(=O)[C@@H]1CCCCN1C(=O)c1ccc(OC)c(Br)c1. The van der Waals surface area contributed by atoms with Gasteiger partial charge in [-0.05, 0) is 53.4 Å². The van der Waals surface area contributed by atoms with Crippen LogP contribution in [0.1, 0.15) is 29.6 Å². The molecule has 5 nitrogen and oxygen atoms in total. The lowest BCUT2D eigenvalue weighted by atomic mass is 10.0. The van der Waals surface area contributed by atoms with Gasteiger partial charge in [0.25, 0.3) is 5.91 Å². The fourth-order valence-corrected chi connectivity index (χ4v) is 3.06. The highest BCUT2D eigenvalue weighted by Gasteiger charge is 2.33. The molecule has 0 unspecified atom stereocenters. The summed E-state index contributed by atoms with van der Waals surface area (Å²) >= 11 is 3.37. The molecule has 1 aromatic rings. The van der Waals surface area contributed by atoms with Gasteiger partial charge >= 0.3 is 5.97 Å². The maximum absolute atomic E-state index is 12.6. The average Bonchev–Trinajstić information content (AvgIpc) is 2.53. The predicted molar refractivity (Wildman–Crippen MR) is 81.4 cm³/mol. The number of piperidine rings is 1. The van der Waals surface area contributed by atoms with E-state index in [-0.39, 0.29) is 11.9 Å². The minimum absolute atomic E-state index is 0.159. The summed E-state index contributed by atoms with van der Waals surface area (Å²) < 4.78 is 10.7. The normalized spacial score (nSPS) is 18.2. The lowest BCUT2D eigenvalue weighted by molar-refractivity contribution is -0.147. The molecule has 1 aromatic carbocycles. The van der Waals surface area contributed by atoms with Crippen LogP contribution in [0.15, 0.2) is 22.7 Å². The molecule has 0 N–H and O–H groups in total. The predicted octanol–water partition coefficient (Wildman–Crippen LogP) is 2.63. The van der Waals surface area contributed by atoms with E-state index in [9.17, 15) is 9.59 Å². The first-order chi connectivity index (χ1) is 10.1. The van der Waals surface area contributed by atoms with E-state index in [2.05, 4.69) is 15.9 Å². The molecule has 6 heteroatoms. The second-order valence-corrected chi connectivity index (χ2v) is 5.74. The summed E-state index contributed by atoms with van der Waals surface area (Å²) in [5.74, 6) is 0.152. The van der Waals surface area contributed by atoms with E-state index in [1.165, 1.54) is 7.11 Å². The van der Waals surface area contributed by atoms with Crippen molar-refractivity contribution in [3.8, 4) is 5.75 Å². The summed E-state index contributed by atoms with van der Waals surface area (Å²) in [6, 6.07) is 4.66. The molecule has 1 aliphatic rings. The smallest absolute Gasteiger partial charge is 0.328 e. The fraction of sp³-hybridized carbons (Fsp3) is 0.467. The van der Waals surface area contributed by atoms with Gasteiger partial charge in [-0.2, -0.15) is 0 Å². The second-order valence-electron chi connectivity index (χ2n) is 4.88. The minimum Gasteiger partial charge on any atom is -0.496 e. The first kappa shape index (κ1) is 15.8. The Labute approximate surface area is 132 Å². The number of rotatable bonds is 3. The highest BCUT2D eigenvalue weighted by Crippen LogP contribution is 2.27. The van der Waals surface area contributed by atoms with Crippen molar-refractivity contribution in [2.45, 2.75) is 25.3 Å². The second kappa shape index (κ2) is 6.93. The Morgan fingerprint density at radius 2 is 2.05 bits per heavy atom. The van der Waals surface area contributed by atoms with Crippen LogP contribution in [0.25, 0.3) is 0 Å². The molecule has 1 amide bonds. The number of benzene rings is 1. The molecule has 21 heavy (non-hydrogen) atoms. The maximum atomic E-state index is 12.6. The van der Waals surface area contributed by atoms with Crippen molar-refractivity contribution in [2.24, 2.45) is 0 Å². The summed E-state index contributed by atoms with van der Waals surface area (Å²) in [6.07, 6.45) is 2.47. The van der Waals surface area contributed by atoms with E-state index >= 15 is 0 Å². The number of amides is 1. The van der Waals surface area contributed by atoms with Gasteiger partial charge in [-0.1, -0.05) is 0 Å². The molecule has 0 aromatic heterocycles. The zero-order chi connectivity index (χ0) is 15.4. The first-order valence-electron chi connectivity index (χ1n) is 6.80. The van der Waals surface area contributed by atoms with Crippen molar-refractivity contribution in [2.75, 3.05) is 20.8 Å². The van der Waals surface area contributed by atoms with Crippen LogP contribution in [-0.2, 0) is 9.53 Å². The van der Waals surface area contributed by atoms with Crippen molar-refractivity contribution < 1.29 is 19.1 Å². The Bertz CT molecular complexity index is 546. The van der Waals surface area contributed by atoms with Crippen LogP contribution in [0.2, 0.25) is 0 Å². The molecular weight excluding hydrogens is 338 g/mol. The minimum atomic E-state index is -0.489. The molecule has 1 atom stereocenters. The van der Waals surface area contributed by atoms with Gasteiger partial charge in [-0.15, -0.1) is 0 Å². The number of methoxy groups -OCH3 is 2. The van der Waals surface area contributed by atoms with Gasteiger partial charge in [0, 0.05) is 12.1 Å². The largest absolute Gasteiger partial charge is 0.496 e. The number of hydrogen-bond acceptors (Lipinski definition) is 4. The van der Waals surface area contributed by atoms with Crippen LogP contribution < -0.4 is 4.74 Å². The van der Waals surface area contributed by atoms with Gasteiger partial charge in [0.15, 0.2) is 0 Å². The third-order valence-corrected chi connectivity index (χ3v) is 4.26. The van der Waals surface area contributed by atoms with E-state index < -0.39 is 6.04 Å². The third kappa shape index (κ3) is 3.37. The van der Waals surface area contributed by atoms with E-state index in [1.54, 1.807) is 30.2 Å². The molecule has 2 rings (SSSR count). The van der Waals surface area contributed by atoms with Crippen molar-refractivity contribution in [1.82, 2.24) is 4.90 Å². The fourth-order valence-electron chi connectivity index (χ4n) is 2.52. The maximum Gasteiger partial charge on any atom is 0.328 e. The Kier molecular flexibility index (Phi) is 5.22. The molecule has 0 bridgehead atoms. The molecule has 0 radical (unpaired) electrons. The Balaban J connectivity index is 2.24. The molecular formula is C15H18BrNO4. The highest BCUT2D eigenvalue weighted by atomic mass is 79.9. The summed E-state index contributed by atoms with van der Waals surface area (Å²) in [7, 11) is 2.92. The number of ether oxygens (including phenoxy) is 2. The summed E-state index contributed by atoms with van der Waals surface area (Å²) in [4.78, 5) is 26.1. The molecule has 0 spiro atoms. The van der Waals surface area contributed by atoms with Crippen molar-refractivity contribution in [3.63, 3.8) is 0 Å². The Morgan fingerprint density at radius 3 is 2.67 bits per heavy atom. The number of hydrogen-bond donors (Lipinski definition) is 0. The molecule has 1 aliphatic heterocycles.